The summed E-state index contributed by atoms with van der Waals surface area (Å²) in [6.07, 6.45) is 1.77. The van der Waals surface area contributed by atoms with Gasteiger partial charge in [-0.25, -0.2) is 0 Å². The fourth-order valence-electron chi connectivity index (χ4n) is 1.77. The van der Waals surface area contributed by atoms with E-state index in [1.807, 2.05) is 30.3 Å². The van der Waals surface area contributed by atoms with Crippen molar-refractivity contribution in [3.63, 3.8) is 0 Å². The van der Waals surface area contributed by atoms with E-state index >= 15 is 0 Å². The van der Waals surface area contributed by atoms with Crippen LogP contribution >= 0.6 is 0 Å². The maximum absolute atomic E-state index is 12.1. The molecule has 1 unspecified atom stereocenters. The second kappa shape index (κ2) is 5.46. The number of benzene rings is 1. The lowest BCUT2D eigenvalue weighted by Crippen LogP contribution is -2.27. The summed E-state index contributed by atoms with van der Waals surface area (Å²) in [6, 6.07) is 11.2. The van der Waals surface area contributed by atoms with Crippen molar-refractivity contribution in [3.05, 3.63) is 48.2 Å². The van der Waals surface area contributed by atoms with Gasteiger partial charge >= 0.3 is 0 Å². The summed E-state index contributed by atoms with van der Waals surface area (Å²) in [5.41, 5.74) is 6.59. The Kier molecular flexibility index (Phi) is 3.74. The third-order valence-electron chi connectivity index (χ3n) is 2.72. The van der Waals surface area contributed by atoms with Crippen LogP contribution in [0.15, 0.2) is 42.6 Å². The van der Waals surface area contributed by atoms with Crippen LogP contribution in [0.5, 0.6) is 0 Å². The standard InChI is InChI=1S/C13H16N4O/c1-17-8-7-12(16-17)15-13(18)11(9-14)10-5-3-2-4-6-10/h2-8,11H,9,14H2,1H3,(H,15,16,18). The van der Waals surface area contributed by atoms with Crippen molar-refractivity contribution in [2.75, 3.05) is 11.9 Å². The minimum atomic E-state index is -0.354. The molecule has 0 spiro atoms. The number of aromatic nitrogens is 2. The zero-order valence-corrected chi connectivity index (χ0v) is 10.2. The highest BCUT2D eigenvalue weighted by Gasteiger charge is 2.19. The Bertz CT molecular complexity index is 521. The highest BCUT2D eigenvalue weighted by Crippen LogP contribution is 2.16. The second-order valence-corrected chi connectivity index (χ2v) is 4.06. The molecule has 0 aliphatic carbocycles. The third kappa shape index (κ3) is 2.75. The molecule has 1 aromatic carbocycles. The van der Waals surface area contributed by atoms with E-state index in [0.717, 1.165) is 5.56 Å². The van der Waals surface area contributed by atoms with Gasteiger partial charge in [0.05, 0.1) is 5.92 Å². The van der Waals surface area contributed by atoms with Crippen molar-refractivity contribution < 1.29 is 4.79 Å². The largest absolute Gasteiger partial charge is 0.329 e. The highest BCUT2D eigenvalue weighted by atomic mass is 16.2. The SMILES string of the molecule is Cn1ccc(NC(=O)C(CN)c2ccccc2)n1. The van der Waals surface area contributed by atoms with Gasteiger partial charge in [-0.2, -0.15) is 5.10 Å². The van der Waals surface area contributed by atoms with Crippen molar-refractivity contribution >= 4 is 11.7 Å². The van der Waals surface area contributed by atoms with Crippen molar-refractivity contribution in [2.45, 2.75) is 5.92 Å². The first kappa shape index (κ1) is 12.3. The molecule has 2 rings (SSSR count). The molecule has 1 aromatic heterocycles. The zero-order chi connectivity index (χ0) is 13.0. The van der Waals surface area contributed by atoms with Crippen LogP contribution < -0.4 is 11.1 Å². The van der Waals surface area contributed by atoms with Crippen LogP contribution in [-0.2, 0) is 11.8 Å². The van der Waals surface area contributed by atoms with Gasteiger partial charge in [-0.3, -0.25) is 9.48 Å². The van der Waals surface area contributed by atoms with Gasteiger partial charge in [-0.15, -0.1) is 0 Å². The van der Waals surface area contributed by atoms with Crippen LogP contribution in [0.3, 0.4) is 0 Å². The molecule has 3 N–H and O–H groups in total. The Morgan fingerprint density at radius 1 is 1.39 bits per heavy atom. The first-order valence-corrected chi connectivity index (χ1v) is 5.76. The van der Waals surface area contributed by atoms with Gasteiger partial charge in [0.25, 0.3) is 0 Å². The number of nitrogens with two attached hydrogens (primary N) is 1. The number of rotatable bonds is 4. The zero-order valence-electron chi connectivity index (χ0n) is 10.2. The molecule has 2 aromatic rings. The van der Waals surface area contributed by atoms with Gasteiger partial charge in [0.1, 0.15) is 0 Å². The maximum Gasteiger partial charge on any atom is 0.234 e. The Morgan fingerprint density at radius 2 is 2.11 bits per heavy atom. The lowest BCUT2D eigenvalue weighted by atomic mass is 9.98. The van der Waals surface area contributed by atoms with Crippen molar-refractivity contribution in [1.82, 2.24) is 9.78 Å². The van der Waals surface area contributed by atoms with Crippen LogP contribution in [0.2, 0.25) is 0 Å². The third-order valence-corrected chi connectivity index (χ3v) is 2.72. The number of carbonyl (C=O) groups excluding carboxylic acids is 1. The van der Waals surface area contributed by atoms with Crippen LogP contribution in [-0.4, -0.2) is 22.2 Å². The number of hydrogen-bond acceptors (Lipinski definition) is 3. The number of anilines is 1. The lowest BCUT2D eigenvalue weighted by Gasteiger charge is -2.14. The molecule has 0 aliphatic rings. The Balaban J connectivity index is 2.11. The normalized spacial score (nSPS) is 12.1. The van der Waals surface area contributed by atoms with E-state index in [1.54, 1.807) is 24.0 Å². The molecular weight excluding hydrogens is 228 g/mol. The first-order chi connectivity index (χ1) is 8.70. The molecule has 0 radical (unpaired) electrons. The van der Waals surface area contributed by atoms with Gasteiger partial charge in [0, 0.05) is 25.9 Å². The summed E-state index contributed by atoms with van der Waals surface area (Å²) < 4.78 is 1.63. The number of nitrogens with one attached hydrogen (secondary N) is 1. The van der Waals surface area contributed by atoms with Crippen LogP contribution in [0.4, 0.5) is 5.82 Å². The molecule has 5 heteroatoms. The summed E-state index contributed by atoms with van der Waals surface area (Å²) in [7, 11) is 1.80. The fraction of sp³-hybridized carbons (Fsp3) is 0.231. The highest BCUT2D eigenvalue weighted by molar-refractivity contribution is 5.95. The van der Waals surface area contributed by atoms with E-state index in [4.69, 9.17) is 5.73 Å². The molecule has 0 bridgehead atoms. The average Bonchev–Trinajstić information content (AvgIpc) is 2.77. The number of carbonyl (C=O) groups is 1. The molecule has 18 heavy (non-hydrogen) atoms. The molecule has 1 heterocycles. The molecule has 0 fully saturated rings. The average molecular weight is 244 g/mol. The van der Waals surface area contributed by atoms with Gasteiger partial charge in [-0.1, -0.05) is 30.3 Å². The Labute approximate surface area is 106 Å². The second-order valence-electron chi connectivity index (χ2n) is 4.06. The quantitative estimate of drug-likeness (QED) is 0.846. The van der Waals surface area contributed by atoms with Gasteiger partial charge in [0.2, 0.25) is 5.91 Å². The van der Waals surface area contributed by atoms with Gasteiger partial charge < -0.3 is 11.1 Å². The van der Waals surface area contributed by atoms with E-state index in [-0.39, 0.29) is 18.4 Å². The molecular formula is C13H16N4O. The predicted molar refractivity (Wildman–Crippen MR) is 70.1 cm³/mol. The van der Waals surface area contributed by atoms with E-state index in [2.05, 4.69) is 10.4 Å². The summed E-state index contributed by atoms with van der Waals surface area (Å²) >= 11 is 0. The van der Waals surface area contributed by atoms with Gasteiger partial charge in [-0.05, 0) is 5.56 Å². The van der Waals surface area contributed by atoms with Crippen molar-refractivity contribution in [3.8, 4) is 0 Å². The summed E-state index contributed by atoms with van der Waals surface area (Å²) in [5.74, 6) is 0.0486. The monoisotopic (exact) mass is 244 g/mol. The molecule has 1 amide bonds. The van der Waals surface area contributed by atoms with Gasteiger partial charge in [0.15, 0.2) is 5.82 Å². The minimum absolute atomic E-state index is 0.137. The summed E-state index contributed by atoms with van der Waals surface area (Å²) in [6.45, 7) is 0.267. The minimum Gasteiger partial charge on any atom is -0.329 e. The smallest absolute Gasteiger partial charge is 0.234 e. The summed E-state index contributed by atoms with van der Waals surface area (Å²) in [5, 5.41) is 6.87. The van der Waals surface area contributed by atoms with E-state index in [0.29, 0.717) is 5.82 Å². The topological polar surface area (TPSA) is 72.9 Å². The maximum atomic E-state index is 12.1. The molecule has 0 aliphatic heterocycles. The summed E-state index contributed by atoms with van der Waals surface area (Å²) in [4.78, 5) is 12.1. The van der Waals surface area contributed by atoms with E-state index in [1.165, 1.54) is 0 Å². The predicted octanol–water partition coefficient (Wildman–Crippen LogP) is 1.10. The number of amides is 1. The Hall–Kier alpha value is -2.14. The molecule has 1 atom stereocenters. The van der Waals surface area contributed by atoms with E-state index in [9.17, 15) is 4.79 Å². The molecule has 0 saturated heterocycles. The molecule has 0 saturated carbocycles. The van der Waals surface area contributed by atoms with Crippen molar-refractivity contribution in [1.29, 1.82) is 0 Å². The molecule has 5 nitrogen and oxygen atoms in total. The van der Waals surface area contributed by atoms with Crippen LogP contribution in [0.1, 0.15) is 11.5 Å². The first-order valence-electron chi connectivity index (χ1n) is 5.76. The van der Waals surface area contributed by atoms with Crippen molar-refractivity contribution in [2.24, 2.45) is 12.8 Å². The molecule has 94 valence electrons. The number of aryl methyl sites for hydroxylation is 1. The fourth-order valence-corrected chi connectivity index (χ4v) is 1.77. The number of nitrogens with zero attached hydrogens (tertiary/aromatic N) is 2. The van der Waals surface area contributed by atoms with Crippen LogP contribution in [0.25, 0.3) is 0 Å². The lowest BCUT2D eigenvalue weighted by molar-refractivity contribution is -0.117. The Morgan fingerprint density at radius 3 is 2.67 bits per heavy atom. The van der Waals surface area contributed by atoms with E-state index < -0.39 is 0 Å². The number of hydrogen-bond donors (Lipinski definition) is 2. The van der Waals surface area contributed by atoms with Crippen LogP contribution in [0, 0.1) is 0 Å².